The first-order chi connectivity index (χ1) is 9.15. The number of likely N-dealkylation sites (N-methyl/N-ethyl adjacent to an activating group) is 1. The van der Waals surface area contributed by atoms with Crippen LogP contribution in [0.1, 0.15) is 27.7 Å². The van der Waals surface area contributed by atoms with Crippen LogP contribution in [0.2, 0.25) is 0 Å². The molecule has 0 aromatic heterocycles. The fourth-order valence-corrected chi connectivity index (χ4v) is 1.98. The van der Waals surface area contributed by atoms with Crippen molar-refractivity contribution in [1.29, 1.82) is 0 Å². The standard InChI is InChI=1S/C14H28N4O2/c1-13(2,3)17-11(19)7-18(6)12(15-5)16-8-14(4)9-20-10-14/h7-10H2,1-6H3,(H,15,16)(H,17,19). The zero-order valence-electron chi connectivity index (χ0n) is 13.5. The van der Waals surface area contributed by atoms with E-state index in [4.69, 9.17) is 4.74 Å². The van der Waals surface area contributed by atoms with Gasteiger partial charge in [-0.15, -0.1) is 0 Å². The third kappa shape index (κ3) is 5.36. The maximum Gasteiger partial charge on any atom is 0.240 e. The van der Waals surface area contributed by atoms with Gasteiger partial charge in [0.1, 0.15) is 0 Å². The van der Waals surface area contributed by atoms with Crippen LogP contribution in [0, 0.1) is 5.41 Å². The van der Waals surface area contributed by atoms with Crippen LogP contribution < -0.4 is 10.6 Å². The molecule has 0 aromatic carbocycles. The number of hydrogen-bond acceptors (Lipinski definition) is 3. The fraction of sp³-hybridized carbons (Fsp3) is 0.857. The Morgan fingerprint density at radius 3 is 2.40 bits per heavy atom. The Bertz CT molecular complexity index is 370. The summed E-state index contributed by atoms with van der Waals surface area (Å²) in [5.41, 5.74) is -0.0456. The van der Waals surface area contributed by atoms with E-state index in [0.717, 1.165) is 25.7 Å². The summed E-state index contributed by atoms with van der Waals surface area (Å²) in [5.74, 6) is 0.711. The van der Waals surface area contributed by atoms with Crippen LogP contribution in [0.15, 0.2) is 4.99 Å². The van der Waals surface area contributed by atoms with E-state index in [1.807, 2.05) is 32.7 Å². The van der Waals surface area contributed by atoms with E-state index in [-0.39, 0.29) is 23.4 Å². The Morgan fingerprint density at radius 1 is 1.40 bits per heavy atom. The lowest BCUT2D eigenvalue weighted by molar-refractivity contribution is -0.122. The van der Waals surface area contributed by atoms with Crippen molar-refractivity contribution in [2.24, 2.45) is 10.4 Å². The second-order valence-electron chi connectivity index (χ2n) is 6.86. The third-order valence-electron chi connectivity index (χ3n) is 3.04. The highest BCUT2D eigenvalue weighted by atomic mass is 16.5. The Labute approximate surface area is 122 Å². The van der Waals surface area contributed by atoms with Gasteiger partial charge in [-0.05, 0) is 20.8 Å². The van der Waals surface area contributed by atoms with Gasteiger partial charge in [0.15, 0.2) is 5.96 Å². The summed E-state index contributed by atoms with van der Waals surface area (Å²) in [4.78, 5) is 17.9. The predicted octanol–water partition coefficient (Wildman–Crippen LogP) is 0.445. The Hall–Kier alpha value is -1.30. The van der Waals surface area contributed by atoms with Crippen molar-refractivity contribution in [3.05, 3.63) is 0 Å². The Morgan fingerprint density at radius 2 is 2.00 bits per heavy atom. The zero-order chi connectivity index (χ0) is 15.4. The molecule has 0 radical (unpaired) electrons. The molecule has 0 spiro atoms. The number of guanidine groups is 1. The van der Waals surface area contributed by atoms with Gasteiger partial charge >= 0.3 is 0 Å². The van der Waals surface area contributed by atoms with Crippen molar-refractivity contribution >= 4 is 11.9 Å². The third-order valence-corrected chi connectivity index (χ3v) is 3.04. The highest BCUT2D eigenvalue weighted by Crippen LogP contribution is 2.25. The van der Waals surface area contributed by atoms with Gasteiger partial charge in [-0.1, -0.05) is 6.92 Å². The molecule has 1 aliphatic rings. The molecule has 0 aliphatic carbocycles. The molecule has 1 aliphatic heterocycles. The lowest BCUT2D eigenvalue weighted by atomic mass is 9.89. The molecule has 0 bridgehead atoms. The summed E-state index contributed by atoms with van der Waals surface area (Å²) >= 11 is 0. The molecule has 0 saturated carbocycles. The maximum atomic E-state index is 11.9. The topological polar surface area (TPSA) is 66.0 Å². The molecule has 1 saturated heterocycles. The number of carbonyl (C=O) groups is 1. The second-order valence-corrected chi connectivity index (χ2v) is 6.86. The van der Waals surface area contributed by atoms with E-state index in [1.165, 1.54) is 0 Å². The monoisotopic (exact) mass is 284 g/mol. The minimum atomic E-state index is -0.217. The molecule has 2 N–H and O–H groups in total. The van der Waals surface area contributed by atoms with Gasteiger partial charge in [-0.2, -0.15) is 0 Å². The molecule has 0 unspecified atom stereocenters. The van der Waals surface area contributed by atoms with E-state index in [1.54, 1.807) is 7.05 Å². The van der Waals surface area contributed by atoms with Crippen LogP contribution in [0.3, 0.4) is 0 Å². The Kier molecular flexibility index (Phi) is 5.39. The molecule has 1 fully saturated rings. The van der Waals surface area contributed by atoms with Crippen LogP contribution in [-0.4, -0.2) is 62.7 Å². The summed E-state index contributed by atoms with van der Waals surface area (Å²) < 4.78 is 5.23. The summed E-state index contributed by atoms with van der Waals surface area (Å²) in [5, 5.41) is 6.24. The first kappa shape index (κ1) is 16.8. The smallest absolute Gasteiger partial charge is 0.240 e. The van der Waals surface area contributed by atoms with Crippen molar-refractivity contribution in [3.63, 3.8) is 0 Å². The predicted molar refractivity (Wildman–Crippen MR) is 80.8 cm³/mol. The highest BCUT2D eigenvalue weighted by Gasteiger charge is 2.33. The molecule has 6 nitrogen and oxygen atoms in total. The van der Waals surface area contributed by atoms with Crippen molar-refractivity contribution in [2.45, 2.75) is 33.2 Å². The van der Waals surface area contributed by atoms with Gasteiger partial charge in [0.05, 0.1) is 19.8 Å². The van der Waals surface area contributed by atoms with E-state index in [2.05, 4.69) is 22.5 Å². The van der Waals surface area contributed by atoms with Crippen LogP contribution >= 0.6 is 0 Å². The normalized spacial score (nSPS) is 18.2. The van der Waals surface area contributed by atoms with Gasteiger partial charge in [0, 0.05) is 31.6 Å². The molecule has 20 heavy (non-hydrogen) atoms. The maximum absolute atomic E-state index is 11.9. The second kappa shape index (κ2) is 6.43. The average molecular weight is 284 g/mol. The largest absolute Gasteiger partial charge is 0.380 e. The lowest BCUT2D eigenvalue weighted by Crippen LogP contribution is -2.53. The van der Waals surface area contributed by atoms with Crippen molar-refractivity contribution in [2.75, 3.05) is 40.4 Å². The number of amides is 1. The molecule has 116 valence electrons. The minimum absolute atomic E-state index is 0.0128. The number of aliphatic imine (C=N–C) groups is 1. The van der Waals surface area contributed by atoms with Crippen molar-refractivity contribution in [1.82, 2.24) is 15.5 Å². The first-order valence-electron chi connectivity index (χ1n) is 6.96. The molecule has 0 atom stereocenters. The van der Waals surface area contributed by atoms with Crippen LogP contribution in [0.4, 0.5) is 0 Å². The highest BCUT2D eigenvalue weighted by molar-refractivity contribution is 5.86. The Balaban J connectivity index is 2.42. The number of carbonyl (C=O) groups excluding carboxylic acids is 1. The number of ether oxygens (including phenoxy) is 1. The lowest BCUT2D eigenvalue weighted by Gasteiger charge is -2.39. The number of rotatable bonds is 4. The van der Waals surface area contributed by atoms with Gasteiger partial charge < -0.3 is 20.3 Å². The molecular formula is C14H28N4O2. The summed E-state index contributed by atoms with van der Waals surface area (Å²) in [6.07, 6.45) is 0. The minimum Gasteiger partial charge on any atom is -0.380 e. The van der Waals surface area contributed by atoms with Crippen molar-refractivity contribution in [3.8, 4) is 0 Å². The van der Waals surface area contributed by atoms with Gasteiger partial charge in [-0.3, -0.25) is 9.79 Å². The molecule has 6 heteroatoms. The van der Waals surface area contributed by atoms with Gasteiger partial charge in [0.25, 0.3) is 0 Å². The summed E-state index contributed by atoms with van der Waals surface area (Å²) in [7, 11) is 3.58. The van der Waals surface area contributed by atoms with Gasteiger partial charge in [-0.25, -0.2) is 0 Å². The SMILES string of the molecule is CN=C(NCC1(C)COC1)N(C)CC(=O)NC(C)(C)C. The molecule has 1 heterocycles. The van der Waals surface area contributed by atoms with Crippen molar-refractivity contribution < 1.29 is 9.53 Å². The van der Waals surface area contributed by atoms with Crippen LogP contribution in [0.5, 0.6) is 0 Å². The summed E-state index contributed by atoms with van der Waals surface area (Å²) in [6, 6.07) is 0. The number of nitrogens with one attached hydrogen (secondary N) is 2. The van der Waals surface area contributed by atoms with Crippen LogP contribution in [-0.2, 0) is 9.53 Å². The molecule has 1 rings (SSSR count). The van der Waals surface area contributed by atoms with E-state index in [9.17, 15) is 4.79 Å². The summed E-state index contributed by atoms with van der Waals surface area (Å²) in [6.45, 7) is 10.7. The quantitative estimate of drug-likeness (QED) is 0.581. The number of nitrogens with zero attached hydrogens (tertiary/aromatic N) is 2. The first-order valence-corrected chi connectivity index (χ1v) is 6.96. The van der Waals surface area contributed by atoms with Gasteiger partial charge in [0.2, 0.25) is 5.91 Å². The molecular weight excluding hydrogens is 256 g/mol. The average Bonchev–Trinajstić information content (AvgIpc) is 2.24. The number of hydrogen-bond donors (Lipinski definition) is 2. The fourth-order valence-electron chi connectivity index (χ4n) is 1.98. The van der Waals surface area contributed by atoms with E-state index in [0.29, 0.717) is 0 Å². The molecule has 1 amide bonds. The van der Waals surface area contributed by atoms with E-state index < -0.39 is 0 Å². The van der Waals surface area contributed by atoms with Crippen LogP contribution in [0.25, 0.3) is 0 Å². The zero-order valence-corrected chi connectivity index (χ0v) is 13.5. The molecule has 0 aromatic rings. The van der Waals surface area contributed by atoms with E-state index >= 15 is 0 Å².